The summed E-state index contributed by atoms with van der Waals surface area (Å²) in [6, 6.07) is -2.58. The number of carboxylic acid groups (broad SMARTS) is 5. The van der Waals surface area contributed by atoms with Crippen LogP contribution in [0.15, 0.2) is 0 Å². The second kappa shape index (κ2) is 14.2. The minimum Gasteiger partial charge on any atom is -0.481 e. The van der Waals surface area contributed by atoms with E-state index in [9.17, 15) is 24.0 Å². The number of carbonyl (C=O) groups is 5. The predicted molar refractivity (Wildman–Crippen MR) is 72.4 cm³/mol. The first-order valence-corrected chi connectivity index (χ1v) is 5.67. The van der Waals surface area contributed by atoms with Crippen molar-refractivity contribution >= 4 is 29.8 Å². The van der Waals surface area contributed by atoms with Crippen LogP contribution in [0.4, 0.5) is 0 Å². The highest BCUT2D eigenvalue weighted by Crippen LogP contribution is 1.86. The molecule has 0 bridgehead atoms. The molecule has 0 heterocycles. The van der Waals surface area contributed by atoms with Crippen molar-refractivity contribution in [2.75, 3.05) is 6.54 Å². The maximum Gasteiger partial charge on any atom is 0.321 e. The molecule has 2 unspecified atom stereocenters. The van der Waals surface area contributed by atoms with Gasteiger partial charge in [0.1, 0.15) is 12.1 Å². The molecule has 0 radical (unpaired) electrons. The van der Waals surface area contributed by atoms with Gasteiger partial charge in [0.2, 0.25) is 0 Å². The Kier molecular flexibility index (Phi) is 15.5. The van der Waals surface area contributed by atoms with E-state index in [4.69, 9.17) is 37.0 Å². The van der Waals surface area contributed by atoms with E-state index >= 15 is 0 Å². The molecule has 0 rings (SSSR count). The monoisotopic (exact) mass is 341 g/mol. The minimum absolute atomic E-state index is 0.278. The highest BCUT2D eigenvalue weighted by atomic mass is 16.4. The average molecular weight is 341 g/mol. The van der Waals surface area contributed by atoms with Crippen LogP contribution in [-0.4, -0.2) is 74.0 Å². The standard InChI is InChI=1S/2C4H7NO4.C2H5NO2/c2*5-2(4(8)9)1-3(6)7;3-1-2(4)5/h2*2H,1,5H2,(H,6,7)(H,8,9);1,3H2,(H,4,5). The van der Waals surface area contributed by atoms with Gasteiger partial charge in [0, 0.05) is 0 Å². The number of hydrogen-bond acceptors (Lipinski definition) is 8. The smallest absolute Gasteiger partial charge is 0.321 e. The lowest BCUT2D eigenvalue weighted by Gasteiger charge is -1.99. The lowest BCUT2D eigenvalue weighted by Crippen LogP contribution is -2.32. The van der Waals surface area contributed by atoms with E-state index in [-0.39, 0.29) is 6.54 Å². The second-order valence-electron chi connectivity index (χ2n) is 3.68. The van der Waals surface area contributed by atoms with Crippen LogP contribution in [0, 0.1) is 0 Å². The molecule has 0 aliphatic rings. The first-order chi connectivity index (χ1) is 10.3. The number of aliphatic carboxylic acids is 5. The van der Waals surface area contributed by atoms with Crippen molar-refractivity contribution in [1.29, 1.82) is 0 Å². The highest BCUT2D eigenvalue weighted by molar-refractivity contribution is 5.80. The van der Waals surface area contributed by atoms with Gasteiger partial charge in [-0.2, -0.15) is 0 Å². The molecule has 0 aliphatic carbocycles. The summed E-state index contributed by atoms with van der Waals surface area (Å²) in [5, 5.41) is 39.7. The fraction of sp³-hybridized carbons (Fsp3) is 0.500. The van der Waals surface area contributed by atoms with Crippen LogP contribution < -0.4 is 17.2 Å². The van der Waals surface area contributed by atoms with Gasteiger partial charge in [-0.1, -0.05) is 0 Å². The van der Waals surface area contributed by atoms with E-state index in [0.29, 0.717) is 0 Å². The van der Waals surface area contributed by atoms with Gasteiger partial charge in [0.25, 0.3) is 0 Å². The van der Waals surface area contributed by atoms with E-state index in [2.05, 4.69) is 5.73 Å². The van der Waals surface area contributed by atoms with E-state index in [1.54, 1.807) is 0 Å². The third kappa shape index (κ3) is 24.6. The molecule has 0 amide bonds. The largest absolute Gasteiger partial charge is 0.481 e. The molecular formula is C10H19N3O10. The summed E-state index contributed by atoms with van der Waals surface area (Å²) in [5.41, 5.74) is 14.2. The summed E-state index contributed by atoms with van der Waals surface area (Å²) in [6.07, 6.45) is -1.06. The summed E-state index contributed by atoms with van der Waals surface area (Å²) in [4.78, 5) is 48.5. The molecule has 0 aromatic rings. The molecule has 0 aromatic carbocycles. The number of rotatable bonds is 7. The van der Waals surface area contributed by atoms with Crippen molar-refractivity contribution in [3.05, 3.63) is 0 Å². The maximum atomic E-state index is 9.85. The Morgan fingerprint density at radius 3 is 0.913 bits per heavy atom. The van der Waals surface area contributed by atoms with Crippen LogP contribution in [-0.2, 0) is 24.0 Å². The van der Waals surface area contributed by atoms with Crippen molar-refractivity contribution in [3.8, 4) is 0 Å². The van der Waals surface area contributed by atoms with Crippen molar-refractivity contribution in [2.45, 2.75) is 24.9 Å². The highest BCUT2D eigenvalue weighted by Gasteiger charge is 2.15. The Balaban J connectivity index is -0.000000273. The van der Waals surface area contributed by atoms with Gasteiger partial charge in [0.15, 0.2) is 0 Å². The van der Waals surface area contributed by atoms with Crippen LogP contribution in [0.1, 0.15) is 12.8 Å². The van der Waals surface area contributed by atoms with Crippen LogP contribution >= 0.6 is 0 Å². The van der Waals surface area contributed by atoms with Crippen LogP contribution in [0.2, 0.25) is 0 Å². The molecule has 134 valence electrons. The molecule has 0 aliphatic heterocycles. The number of hydrogen-bond donors (Lipinski definition) is 8. The van der Waals surface area contributed by atoms with Crippen molar-refractivity contribution in [1.82, 2.24) is 0 Å². The Labute approximate surface area is 129 Å². The lowest BCUT2D eigenvalue weighted by atomic mass is 10.2. The number of nitrogens with two attached hydrogens (primary N) is 3. The summed E-state index contributed by atoms with van der Waals surface area (Å²) < 4.78 is 0. The third-order valence-electron chi connectivity index (χ3n) is 1.60. The van der Waals surface area contributed by atoms with Gasteiger partial charge in [-0.15, -0.1) is 0 Å². The zero-order valence-corrected chi connectivity index (χ0v) is 11.8. The summed E-state index contributed by atoms with van der Waals surface area (Å²) in [7, 11) is 0. The molecule has 23 heavy (non-hydrogen) atoms. The third-order valence-corrected chi connectivity index (χ3v) is 1.60. The predicted octanol–water partition coefficient (Wildman–Crippen LogP) is -3.22. The summed E-state index contributed by atoms with van der Waals surface area (Å²) in [5.74, 6) is -5.96. The van der Waals surface area contributed by atoms with Gasteiger partial charge < -0.3 is 42.7 Å². The molecule has 0 saturated carbocycles. The Morgan fingerprint density at radius 2 is 0.870 bits per heavy atom. The van der Waals surface area contributed by atoms with E-state index in [0.717, 1.165) is 0 Å². The van der Waals surface area contributed by atoms with Gasteiger partial charge in [-0.25, -0.2) is 0 Å². The second-order valence-corrected chi connectivity index (χ2v) is 3.68. The molecule has 13 heteroatoms. The van der Waals surface area contributed by atoms with Crippen LogP contribution in [0.5, 0.6) is 0 Å². The summed E-state index contributed by atoms with van der Waals surface area (Å²) in [6.45, 7) is -0.278. The van der Waals surface area contributed by atoms with E-state index in [1.807, 2.05) is 0 Å². The van der Waals surface area contributed by atoms with Gasteiger partial charge in [0.05, 0.1) is 19.4 Å². The van der Waals surface area contributed by atoms with E-state index in [1.165, 1.54) is 0 Å². The fourth-order valence-electron chi connectivity index (χ4n) is 0.551. The van der Waals surface area contributed by atoms with Crippen molar-refractivity contribution in [3.63, 3.8) is 0 Å². The van der Waals surface area contributed by atoms with Crippen molar-refractivity contribution in [2.24, 2.45) is 17.2 Å². The molecule has 0 aromatic heterocycles. The fourth-order valence-corrected chi connectivity index (χ4v) is 0.551. The van der Waals surface area contributed by atoms with Gasteiger partial charge in [-0.05, 0) is 0 Å². The minimum atomic E-state index is -1.29. The van der Waals surface area contributed by atoms with Gasteiger partial charge in [-0.3, -0.25) is 24.0 Å². The van der Waals surface area contributed by atoms with E-state index < -0.39 is 54.8 Å². The Hall–Kier alpha value is -2.77. The maximum absolute atomic E-state index is 9.85. The molecular weight excluding hydrogens is 322 g/mol. The zero-order valence-electron chi connectivity index (χ0n) is 11.8. The quantitative estimate of drug-likeness (QED) is 0.226. The van der Waals surface area contributed by atoms with Crippen LogP contribution in [0.3, 0.4) is 0 Å². The normalized spacial score (nSPS) is 11.4. The zero-order chi connectivity index (χ0) is 19.2. The Morgan fingerprint density at radius 1 is 0.652 bits per heavy atom. The lowest BCUT2D eigenvalue weighted by molar-refractivity contribution is -0.144. The van der Waals surface area contributed by atoms with Crippen LogP contribution in [0.25, 0.3) is 0 Å². The molecule has 11 N–H and O–H groups in total. The van der Waals surface area contributed by atoms with Gasteiger partial charge >= 0.3 is 29.8 Å². The van der Waals surface area contributed by atoms with Crippen molar-refractivity contribution < 1.29 is 49.5 Å². The Bertz CT molecular complexity index is 393. The molecule has 0 saturated heterocycles. The first-order valence-electron chi connectivity index (χ1n) is 5.67. The number of carboxylic acids is 5. The molecule has 0 fully saturated rings. The summed E-state index contributed by atoms with van der Waals surface area (Å²) >= 11 is 0. The molecule has 13 nitrogen and oxygen atoms in total. The first kappa shape index (κ1) is 25.2. The SMILES string of the molecule is NC(CC(=O)O)C(=O)O.NC(CC(=O)O)C(=O)O.NCC(=O)O. The topological polar surface area (TPSA) is 265 Å². The molecule has 2 atom stereocenters. The molecule has 0 spiro atoms. The average Bonchev–Trinajstić information content (AvgIpc) is 2.38.